The van der Waals surface area contributed by atoms with Gasteiger partial charge in [-0.25, -0.2) is 18.4 Å². The number of para-hydroxylation sites is 1. The molecule has 2 N–H and O–H groups in total. The van der Waals surface area contributed by atoms with Crippen LogP contribution in [0.5, 0.6) is 5.75 Å². The molecule has 1 fully saturated rings. The van der Waals surface area contributed by atoms with Gasteiger partial charge in [0, 0.05) is 38.3 Å². The van der Waals surface area contributed by atoms with Crippen molar-refractivity contribution in [1.29, 1.82) is 0 Å². The predicted octanol–water partition coefficient (Wildman–Crippen LogP) is 4.52. The lowest BCUT2D eigenvalue weighted by Crippen LogP contribution is -2.59. The number of nitrogens with zero attached hydrogens (tertiary/aromatic N) is 3. The van der Waals surface area contributed by atoms with Crippen molar-refractivity contribution < 1.29 is 38.1 Å². The summed E-state index contributed by atoms with van der Waals surface area (Å²) in [5, 5.41) is 19.4. The Labute approximate surface area is 236 Å². The van der Waals surface area contributed by atoms with Crippen LogP contribution in [0.1, 0.15) is 22.6 Å². The second-order valence-corrected chi connectivity index (χ2v) is 9.84. The molecule has 3 aromatic carbocycles. The molecule has 0 aliphatic carbocycles. The van der Waals surface area contributed by atoms with Crippen molar-refractivity contribution >= 4 is 18.0 Å². The Balaban J connectivity index is 1.68. The Morgan fingerprint density at radius 2 is 1.49 bits per heavy atom. The van der Waals surface area contributed by atoms with E-state index >= 15 is 0 Å². The number of amides is 2. The van der Waals surface area contributed by atoms with E-state index in [1.807, 2.05) is 12.1 Å². The van der Waals surface area contributed by atoms with Crippen molar-refractivity contribution in [3.8, 4) is 5.75 Å². The zero-order chi connectivity index (χ0) is 29.5. The van der Waals surface area contributed by atoms with Crippen LogP contribution in [0.15, 0.2) is 72.8 Å². The molecule has 0 bridgehead atoms. The first-order chi connectivity index (χ1) is 19.7. The molecule has 41 heavy (non-hydrogen) atoms. The van der Waals surface area contributed by atoms with E-state index in [2.05, 4.69) is 0 Å². The van der Waals surface area contributed by atoms with Crippen LogP contribution in [-0.2, 0) is 11.3 Å². The first-order valence-electron chi connectivity index (χ1n) is 13.0. The summed E-state index contributed by atoms with van der Waals surface area (Å²) in [7, 11) is 1.52. The van der Waals surface area contributed by atoms with Crippen LogP contribution in [0.3, 0.4) is 0 Å². The van der Waals surface area contributed by atoms with Crippen LogP contribution in [0, 0.1) is 11.6 Å². The molecular formula is C30H31F2N3O6. The van der Waals surface area contributed by atoms with Gasteiger partial charge in [-0.3, -0.25) is 9.69 Å². The summed E-state index contributed by atoms with van der Waals surface area (Å²) in [5.74, 6) is -1.50. The van der Waals surface area contributed by atoms with Gasteiger partial charge in [-0.05, 0) is 41.5 Å². The maximum absolute atomic E-state index is 14.0. The summed E-state index contributed by atoms with van der Waals surface area (Å²) in [5.41, 5.74) is 1.78. The molecule has 2 amide bonds. The fourth-order valence-corrected chi connectivity index (χ4v) is 5.18. The molecule has 0 aromatic heterocycles. The minimum Gasteiger partial charge on any atom is -0.496 e. The van der Waals surface area contributed by atoms with Gasteiger partial charge >= 0.3 is 12.2 Å². The molecule has 0 saturated carbocycles. The molecule has 1 atom stereocenters. The maximum atomic E-state index is 14.0. The molecule has 1 aliphatic heterocycles. The van der Waals surface area contributed by atoms with Crippen molar-refractivity contribution in [2.75, 3.05) is 39.8 Å². The van der Waals surface area contributed by atoms with Crippen molar-refractivity contribution in [2.45, 2.75) is 18.5 Å². The summed E-state index contributed by atoms with van der Waals surface area (Å²) in [6.45, 7) is 0.0785. The molecular weight excluding hydrogens is 536 g/mol. The van der Waals surface area contributed by atoms with E-state index < -0.39 is 35.8 Å². The number of halogens is 2. The van der Waals surface area contributed by atoms with E-state index in [0.29, 0.717) is 16.9 Å². The monoisotopic (exact) mass is 567 g/mol. The van der Waals surface area contributed by atoms with E-state index in [-0.39, 0.29) is 45.1 Å². The summed E-state index contributed by atoms with van der Waals surface area (Å²) in [6, 6.07) is 17.5. The van der Waals surface area contributed by atoms with Gasteiger partial charge in [0.1, 0.15) is 17.4 Å². The van der Waals surface area contributed by atoms with E-state index in [1.165, 1.54) is 60.5 Å². The largest absolute Gasteiger partial charge is 0.496 e. The number of Topliss-reactive ketones (excluding diaryl/α,β-unsaturated/α-hetero) is 1. The number of methoxy groups -OCH3 is 1. The highest BCUT2D eigenvalue weighted by molar-refractivity contribution is 5.90. The number of rotatable bonds is 10. The van der Waals surface area contributed by atoms with Gasteiger partial charge in [-0.1, -0.05) is 42.5 Å². The number of benzene rings is 3. The lowest BCUT2D eigenvalue weighted by atomic mass is 9.87. The molecule has 0 unspecified atom stereocenters. The van der Waals surface area contributed by atoms with Crippen molar-refractivity contribution in [3.63, 3.8) is 0 Å². The van der Waals surface area contributed by atoms with Crippen LogP contribution in [0.2, 0.25) is 0 Å². The topological polar surface area (TPSA) is 111 Å². The van der Waals surface area contributed by atoms with Crippen LogP contribution >= 0.6 is 0 Å². The van der Waals surface area contributed by atoms with Crippen molar-refractivity contribution in [3.05, 3.63) is 101 Å². The number of hydrogen-bond acceptors (Lipinski definition) is 5. The van der Waals surface area contributed by atoms with Crippen molar-refractivity contribution in [1.82, 2.24) is 14.7 Å². The van der Waals surface area contributed by atoms with E-state index in [9.17, 15) is 33.4 Å². The summed E-state index contributed by atoms with van der Waals surface area (Å²) in [4.78, 5) is 41.8. The highest BCUT2D eigenvalue weighted by atomic mass is 19.1. The highest BCUT2D eigenvalue weighted by Gasteiger charge is 2.35. The van der Waals surface area contributed by atoms with Gasteiger partial charge in [0.2, 0.25) is 0 Å². The molecule has 216 valence electrons. The third-order valence-electron chi connectivity index (χ3n) is 7.16. The van der Waals surface area contributed by atoms with Gasteiger partial charge in [-0.2, -0.15) is 0 Å². The van der Waals surface area contributed by atoms with Crippen LogP contribution in [-0.4, -0.2) is 88.8 Å². The molecule has 1 saturated heterocycles. The normalized spacial score (nSPS) is 15.3. The van der Waals surface area contributed by atoms with Crippen molar-refractivity contribution in [2.24, 2.45) is 0 Å². The molecule has 4 rings (SSSR count). The molecule has 1 heterocycles. The third kappa shape index (κ3) is 7.37. The average molecular weight is 568 g/mol. The molecule has 9 nitrogen and oxygen atoms in total. The van der Waals surface area contributed by atoms with Gasteiger partial charge in [-0.15, -0.1) is 0 Å². The Hall–Kier alpha value is -4.51. The van der Waals surface area contributed by atoms with Gasteiger partial charge in [0.05, 0.1) is 25.6 Å². The second-order valence-electron chi connectivity index (χ2n) is 9.84. The summed E-state index contributed by atoms with van der Waals surface area (Å²) < 4.78 is 32.9. The van der Waals surface area contributed by atoms with E-state index in [1.54, 1.807) is 17.0 Å². The van der Waals surface area contributed by atoms with Crippen LogP contribution < -0.4 is 4.74 Å². The molecule has 1 aliphatic rings. The average Bonchev–Trinajstić information content (AvgIpc) is 2.95. The van der Waals surface area contributed by atoms with Crippen LogP contribution in [0.4, 0.5) is 18.4 Å². The number of hydrogen-bond donors (Lipinski definition) is 2. The van der Waals surface area contributed by atoms with E-state index in [4.69, 9.17) is 4.74 Å². The Morgan fingerprint density at radius 3 is 2.02 bits per heavy atom. The quantitative estimate of drug-likeness (QED) is 0.371. The second kappa shape index (κ2) is 13.2. The van der Waals surface area contributed by atoms with Gasteiger partial charge in [0.15, 0.2) is 5.78 Å². The number of carboxylic acid groups (broad SMARTS) is 2. The molecule has 0 spiro atoms. The number of piperazine rings is 1. The standard InChI is InChI=1S/C30H31F2N3O6/c1-41-27-5-3-2-4-22(27)16-33(17-25-18-34(29(37)38)14-15-35(25)30(39)40)19-26(36)28(20-6-10-23(31)11-7-20)21-8-12-24(32)13-9-21/h2-13,25,28H,14-19H2,1H3,(H,37,38)(H,39,40)/t25-/m1/s1. The lowest BCUT2D eigenvalue weighted by Gasteiger charge is -2.41. The fourth-order valence-electron chi connectivity index (χ4n) is 5.18. The first kappa shape index (κ1) is 29.5. The van der Waals surface area contributed by atoms with Gasteiger partial charge < -0.3 is 24.7 Å². The first-order valence-corrected chi connectivity index (χ1v) is 13.0. The number of carbonyl (C=O) groups excluding carboxylic acids is 1. The number of ether oxygens (including phenoxy) is 1. The minimum atomic E-state index is -1.18. The van der Waals surface area contributed by atoms with Gasteiger partial charge in [0.25, 0.3) is 0 Å². The smallest absolute Gasteiger partial charge is 0.407 e. The summed E-state index contributed by atoms with van der Waals surface area (Å²) in [6.07, 6.45) is -2.33. The number of carbonyl (C=O) groups is 3. The Bertz CT molecular complexity index is 1320. The zero-order valence-electron chi connectivity index (χ0n) is 22.5. The molecule has 3 aromatic rings. The molecule has 11 heteroatoms. The zero-order valence-corrected chi connectivity index (χ0v) is 22.5. The SMILES string of the molecule is COc1ccccc1CN(CC(=O)C(c1ccc(F)cc1)c1ccc(F)cc1)C[C@@H]1CN(C(=O)O)CCN1C(=O)O. The highest BCUT2D eigenvalue weighted by Crippen LogP contribution is 2.28. The Morgan fingerprint density at radius 1 is 0.902 bits per heavy atom. The molecule has 0 radical (unpaired) electrons. The van der Waals surface area contributed by atoms with E-state index in [0.717, 1.165) is 10.5 Å². The number of ketones is 1. The maximum Gasteiger partial charge on any atom is 0.407 e. The predicted molar refractivity (Wildman–Crippen MR) is 146 cm³/mol. The fraction of sp³-hybridized carbons (Fsp3) is 0.300. The Kier molecular flexibility index (Phi) is 9.51. The minimum absolute atomic E-state index is 0.00344. The third-order valence-corrected chi connectivity index (χ3v) is 7.16. The lowest BCUT2D eigenvalue weighted by molar-refractivity contribution is -0.121. The summed E-state index contributed by atoms with van der Waals surface area (Å²) >= 11 is 0. The van der Waals surface area contributed by atoms with Crippen LogP contribution in [0.25, 0.3) is 0 Å².